The largest absolute Gasteiger partial charge is 0.383 e. The second-order valence-corrected chi connectivity index (χ2v) is 3.46. The van der Waals surface area contributed by atoms with Crippen LogP contribution in [0.15, 0.2) is 18.3 Å². The first-order valence-corrected chi connectivity index (χ1v) is 5.21. The van der Waals surface area contributed by atoms with Crippen LogP contribution in [0.5, 0.6) is 0 Å². The van der Waals surface area contributed by atoms with Gasteiger partial charge in [0.1, 0.15) is 5.82 Å². The number of rotatable bonds is 6. The normalized spacial score (nSPS) is 12.2. The Morgan fingerprint density at radius 3 is 3.00 bits per heavy atom. The van der Waals surface area contributed by atoms with E-state index in [1.165, 1.54) is 0 Å². The molecule has 0 aromatic carbocycles. The van der Waals surface area contributed by atoms with Crippen LogP contribution in [0.4, 0.5) is 11.5 Å². The molecule has 1 rings (SSSR count). The van der Waals surface area contributed by atoms with Crippen molar-refractivity contribution in [3.8, 4) is 0 Å². The Labute approximate surface area is 91.1 Å². The Morgan fingerprint density at radius 1 is 1.53 bits per heavy atom. The molecule has 0 saturated heterocycles. The van der Waals surface area contributed by atoms with Crippen molar-refractivity contribution in [2.45, 2.75) is 19.9 Å². The number of anilines is 2. The highest BCUT2D eigenvalue weighted by Gasteiger charge is 2.01. The van der Waals surface area contributed by atoms with Crippen molar-refractivity contribution in [2.75, 3.05) is 30.9 Å². The SMILES string of the molecule is CCNc1cc(NC(C)COC)ccn1. The lowest BCUT2D eigenvalue weighted by Gasteiger charge is -2.14. The fourth-order valence-corrected chi connectivity index (χ4v) is 1.37. The van der Waals surface area contributed by atoms with E-state index in [2.05, 4.69) is 29.5 Å². The molecule has 1 heterocycles. The van der Waals surface area contributed by atoms with Crippen molar-refractivity contribution >= 4 is 11.5 Å². The standard InChI is InChI=1S/C11H19N3O/c1-4-12-11-7-10(5-6-13-11)14-9(2)8-15-3/h5-7,9H,4,8H2,1-3H3,(H2,12,13,14). The fourth-order valence-electron chi connectivity index (χ4n) is 1.37. The van der Waals surface area contributed by atoms with Gasteiger partial charge in [0.25, 0.3) is 0 Å². The van der Waals surface area contributed by atoms with Crippen LogP contribution in [0.1, 0.15) is 13.8 Å². The third-order valence-corrected chi connectivity index (χ3v) is 1.95. The van der Waals surface area contributed by atoms with Gasteiger partial charge in [0.15, 0.2) is 0 Å². The Hall–Kier alpha value is -1.29. The van der Waals surface area contributed by atoms with Crippen molar-refractivity contribution in [3.05, 3.63) is 18.3 Å². The molecule has 1 unspecified atom stereocenters. The van der Waals surface area contributed by atoms with E-state index in [1.54, 1.807) is 13.3 Å². The first-order valence-electron chi connectivity index (χ1n) is 5.21. The maximum Gasteiger partial charge on any atom is 0.127 e. The lowest BCUT2D eigenvalue weighted by molar-refractivity contribution is 0.190. The van der Waals surface area contributed by atoms with E-state index in [0.717, 1.165) is 18.1 Å². The lowest BCUT2D eigenvalue weighted by atomic mass is 10.3. The van der Waals surface area contributed by atoms with Crippen molar-refractivity contribution in [1.29, 1.82) is 0 Å². The highest BCUT2D eigenvalue weighted by atomic mass is 16.5. The van der Waals surface area contributed by atoms with Gasteiger partial charge >= 0.3 is 0 Å². The fraction of sp³-hybridized carbons (Fsp3) is 0.545. The molecule has 0 aliphatic heterocycles. The summed E-state index contributed by atoms with van der Waals surface area (Å²) in [6.07, 6.45) is 1.79. The molecule has 84 valence electrons. The van der Waals surface area contributed by atoms with Crippen molar-refractivity contribution in [2.24, 2.45) is 0 Å². The van der Waals surface area contributed by atoms with Gasteiger partial charge in [-0.1, -0.05) is 0 Å². The molecule has 0 spiro atoms. The molecular formula is C11H19N3O. The van der Waals surface area contributed by atoms with Crippen molar-refractivity contribution in [1.82, 2.24) is 4.98 Å². The van der Waals surface area contributed by atoms with Gasteiger partial charge in [0, 0.05) is 37.6 Å². The third-order valence-electron chi connectivity index (χ3n) is 1.95. The highest BCUT2D eigenvalue weighted by Crippen LogP contribution is 2.12. The van der Waals surface area contributed by atoms with E-state index in [1.807, 2.05) is 12.1 Å². The molecule has 0 radical (unpaired) electrons. The summed E-state index contributed by atoms with van der Waals surface area (Å²) in [7, 11) is 1.70. The number of methoxy groups -OCH3 is 1. The van der Waals surface area contributed by atoms with Gasteiger partial charge in [-0.3, -0.25) is 0 Å². The predicted molar refractivity (Wildman–Crippen MR) is 63.4 cm³/mol. The molecule has 0 amide bonds. The van der Waals surface area contributed by atoms with Crippen LogP contribution in [0.25, 0.3) is 0 Å². The van der Waals surface area contributed by atoms with E-state index < -0.39 is 0 Å². The summed E-state index contributed by atoms with van der Waals surface area (Å²) >= 11 is 0. The summed E-state index contributed by atoms with van der Waals surface area (Å²) in [4.78, 5) is 4.20. The maximum absolute atomic E-state index is 5.06. The van der Waals surface area contributed by atoms with Crippen molar-refractivity contribution in [3.63, 3.8) is 0 Å². The zero-order valence-electron chi connectivity index (χ0n) is 9.58. The zero-order chi connectivity index (χ0) is 11.1. The Kier molecular flexibility index (Phi) is 4.90. The number of nitrogens with one attached hydrogen (secondary N) is 2. The first kappa shape index (κ1) is 11.8. The van der Waals surface area contributed by atoms with Crippen LogP contribution in [-0.4, -0.2) is 31.3 Å². The molecule has 15 heavy (non-hydrogen) atoms. The molecule has 2 N–H and O–H groups in total. The number of pyridine rings is 1. The Balaban J connectivity index is 2.56. The Morgan fingerprint density at radius 2 is 2.33 bits per heavy atom. The summed E-state index contributed by atoms with van der Waals surface area (Å²) in [5.74, 6) is 0.895. The van der Waals surface area contributed by atoms with Gasteiger partial charge < -0.3 is 15.4 Å². The topological polar surface area (TPSA) is 46.2 Å². The zero-order valence-corrected chi connectivity index (χ0v) is 9.58. The molecule has 0 bridgehead atoms. The van der Waals surface area contributed by atoms with E-state index in [0.29, 0.717) is 12.6 Å². The summed E-state index contributed by atoms with van der Waals surface area (Å²) in [5, 5.41) is 6.51. The second kappa shape index (κ2) is 6.24. The maximum atomic E-state index is 5.06. The van der Waals surface area contributed by atoms with Crippen LogP contribution < -0.4 is 10.6 Å². The van der Waals surface area contributed by atoms with Crippen molar-refractivity contribution < 1.29 is 4.74 Å². The quantitative estimate of drug-likeness (QED) is 0.752. The van der Waals surface area contributed by atoms with Crippen LogP contribution >= 0.6 is 0 Å². The minimum Gasteiger partial charge on any atom is -0.383 e. The minimum absolute atomic E-state index is 0.298. The average Bonchev–Trinajstić information content (AvgIpc) is 2.19. The number of ether oxygens (including phenoxy) is 1. The average molecular weight is 209 g/mol. The third kappa shape index (κ3) is 4.16. The second-order valence-electron chi connectivity index (χ2n) is 3.46. The van der Waals surface area contributed by atoms with Gasteiger partial charge in [0.05, 0.1) is 6.61 Å². The molecule has 0 aliphatic rings. The smallest absolute Gasteiger partial charge is 0.127 e. The molecule has 4 heteroatoms. The van der Waals surface area contributed by atoms with E-state index >= 15 is 0 Å². The predicted octanol–water partition coefficient (Wildman–Crippen LogP) is 1.96. The van der Waals surface area contributed by atoms with Gasteiger partial charge in [-0.15, -0.1) is 0 Å². The van der Waals surface area contributed by atoms with Gasteiger partial charge in [-0.05, 0) is 19.9 Å². The number of aromatic nitrogens is 1. The molecular weight excluding hydrogens is 190 g/mol. The van der Waals surface area contributed by atoms with Crippen LogP contribution in [-0.2, 0) is 4.74 Å². The molecule has 1 aromatic heterocycles. The molecule has 1 aromatic rings. The van der Waals surface area contributed by atoms with Gasteiger partial charge in [0.2, 0.25) is 0 Å². The Bertz CT molecular complexity index is 291. The van der Waals surface area contributed by atoms with E-state index in [9.17, 15) is 0 Å². The summed E-state index contributed by atoms with van der Waals surface area (Å²) in [6, 6.07) is 4.25. The minimum atomic E-state index is 0.298. The number of nitrogens with zero attached hydrogens (tertiary/aromatic N) is 1. The molecule has 1 atom stereocenters. The molecule has 0 saturated carbocycles. The van der Waals surface area contributed by atoms with Crippen LogP contribution in [0.2, 0.25) is 0 Å². The van der Waals surface area contributed by atoms with Crippen LogP contribution in [0, 0.1) is 0 Å². The van der Waals surface area contributed by atoms with Crippen LogP contribution in [0.3, 0.4) is 0 Å². The van der Waals surface area contributed by atoms with E-state index in [4.69, 9.17) is 4.74 Å². The summed E-state index contributed by atoms with van der Waals surface area (Å²) in [5.41, 5.74) is 1.06. The lowest BCUT2D eigenvalue weighted by Crippen LogP contribution is -2.20. The molecule has 0 aliphatic carbocycles. The molecule has 4 nitrogen and oxygen atoms in total. The number of hydrogen-bond donors (Lipinski definition) is 2. The van der Waals surface area contributed by atoms with E-state index in [-0.39, 0.29) is 0 Å². The summed E-state index contributed by atoms with van der Waals surface area (Å²) < 4.78 is 5.06. The monoisotopic (exact) mass is 209 g/mol. The molecule has 0 fully saturated rings. The highest BCUT2D eigenvalue weighted by molar-refractivity contribution is 5.52. The first-order chi connectivity index (χ1) is 7.26. The number of hydrogen-bond acceptors (Lipinski definition) is 4. The van der Waals surface area contributed by atoms with Gasteiger partial charge in [-0.25, -0.2) is 4.98 Å². The van der Waals surface area contributed by atoms with Gasteiger partial charge in [-0.2, -0.15) is 0 Å². The summed E-state index contributed by atoms with van der Waals surface area (Å²) in [6.45, 7) is 5.70.